The Morgan fingerprint density at radius 1 is 1.20 bits per heavy atom. The van der Waals surface area contributed by atoms with Crippen molar-refractivity contribution in [1.82, 2.24) is 0 Å². The molecule has 1 N–H and O–H groups in total. The Hall–Kier alpha value is -1.53. The van der Waals surface area contributed by atoms with E-state index in [2.05, 4.69) is 12.6 Å². The fourth-order valence-electron chi connectivity index (χ4n) is 1.42. The minimum Gasteiger partial charge on any atom is -0.490 e. The Morgan fingerprint density at radius 3 is 2.30 bits per heavy atom. The zero-order chi connectivity index (χ0) is 15.2. The number of Topliss-reactive ketones (excluding diaryl/α,β-unsaturated/α-hetero) is 1. The van der Waals surface area contributed by atoms with Crippen molar-refractivity contribution in [1.29, 1.82) is 0 Å². The quantitative estimate of drug-likeness (QED) is 0.345. The highest BCUT2D eigenvalue weighted by molar-refractivity contribution is 7.81. The molecule has 0 radical (unpaired) electrons. The van der Waals surface area contributed by atoms with Crippen molar-refractivity contribution in [2.24, 2.45) is 0 Å². The average Bonchev–Trinajstić information content (AvgIpc) is 2.42. The lowest BCUT2D eigenvalue weighted by Crippen LogP contribution is -2.30. The first-order chi connectivity index (χ1) is 9.34. The van der Waals surface area contributed by atoms with Crippen molar-refractivity contribution < 1.29 is 24.2 Å². The maximum Gasteiger partial charge on any atom is 0.315 e. The van der Waals surface area contributed by atoms with Gasteiger partial charge >= 0.3 is 5.97 Å². The van der Waals surface area contributed by atoms with Gasteiger partial charge in [0.05, 0.1) is 5.75 Å². The summed E-state index contributed by atoms with van der Waals surface area (Å²) in [5.41, 5.74) is -0.991. The molecule has 0 spiro atoms. The second-order valence-corrected chi connectivity index (χ2v) is 4.96. The third-order valence-electron chi connectivity index (χ3n) is 2.42. The Balaban J connectivity index is 2.47. The lowest BCUT2D eigenvalue weighted by Gasteiger charge is -2.15. The molecule has 0 amide bonds. The van der Waals surface area contributed by atoms with Crippen LogP contribution < -0.4 is 4.74 Å². The molecule has 110 valence electrons. The van der Waals surface area contributed by atoms with E-state index in [0.29, 0.717) is 11.3 Å². The molecule has 1 rings (SSSR count). The lowest BCUT2D eigenvalue weighted by molar-refractivity contribution is -0.141. The maximum atomic E-state index is 11.8. The number of hydrogen-bond acceptors (Lipinski definition) is 6. The van der Waals surface area contributed by atoms with Gasteiger partial charge in [0.15, 0.2) is 5.78 Å². The van der Waals surface area contributed by atoms with Crippen molar-refractivity contribution in [3.05, 3.63) is 29.8 Å². The number of carbonyl (C=O) groups is 2. The zero-order valence-corrected chi connectivity index (χ0v) is 12.4. The second-order valence-electron chi connectivity index (χ2n) is 4.64. The van der Waals surface area contributed by atoms with Crippen molar-refractivity contribution >= 4 is 24.4 Å². The minimum atomic E-state index is -1.40. The van der Waals surface area contributed by atoms with Crippen LogP contribution in [0, 0.1) is 0 Å². The highest BCUT2D eigenvalue weighted by atomic mass is 32.1. The van der Waals surface area contributed by atoms with Crippen LogP contribution in [0.25, 0.3) is 0 Å². The van der Waals surface area contributed by atoms with Crippen LogP contribution in [0.1, 0.15) is 24.2 Å². The van der Waals surface area contributed by atoms with E-state index in [1.54, 1.807) is 24.3 Å². The SMILES string of the molecule is CC(C)(O)C(=O)c1ccc(OCCOC(=O)CS)cc1. The fraction of sp³-hybridized carbons (Fsp3) is 0.429. The normalized spacial score (nSPS) is 11.0. The van der Waals surface area contributed by atoms with Crippen molar-refractivity contribution in [2.75, 3.05) is 19.0 Å². The molecule has 0 aliphatic carbocycles. The molecule has 6 heteroatoms. The summed E-state index contributed by atoms with van der Waals surface area (Å²) in [4.78, 5) is 22.6. The molecule has 0 aromatic heterocycles. The summed E-state index contributed by atoms with van der Waals surface area (Å²) in [6, 6.07) is 6.41. The Morgan fingerprint density at radius 2 is 1.80 bits per heavy atom. The standard InChI is InChI=1S/C14H18O5S/c1-14(2,17)13(16)10-3-5-11(6-4-10)18-7-8-19-12(15)9-20/h3-6,17,20H,7-9H2,1-2H3. The molecule has 0 unspecified atom stereocenters. The van der Waals surface area contributed by atoms with E-state index in [0.717, 1.165) is 0 Å². The van der Waals surface area contributed by atoms with Crippen LogP contribution in [0.2, 0.25) is 0 Å². The van der Waals surface area contributed by atoms with Crippen LogP contribution >= 0.6 is 12.6 Å². The molecule has 5 nitrogen and oxygen atoms in total. The summed E-state index contributed by atoms with van der Waals surface area (Å²) in [6.45, 7) is 3.24. The van der Waals surface area contributed by atoms with Crippen LogP contribution in [0.4, 0.5) is 0 Å². The third kappa shape index (κ3) is 5.22. The first-order valence-corrected chi connectivity index (χ1v) is 6.74. The van der Waals surface area contributed by atoms with Crippen molar-refractivity contribution in [2.45, 2.75) is 19.4 Å². The number of carbonyl (C=O) groups excluding carboxylic acids is 2. The van der Waals surface area contributed by atoms with Gasteiger partial charge < -0.3 is 14.6 Å². The summed E-state index contributed by atoms with van der Waals surface area (Å²) in [5.74, 6) is -0.164. The number of rotatable bonds is 7. The molecule has 0 saturated heterocycles. The smallest absolute Gasteiger partial charge is 0.315 e. The molecule has 0 atom stereocenters. The predicted molar refractivity (Wildman–Crippen MR) is 77.4 cm³/mol. The first-order valence-electron chi connectivity index (χ1n) is 6.11. The van der Waals surface area contributed by atoms with Crippen LogP contribution in [0.15, 0.2) is 24.3 Å². The fourth-order valence-corrected chi connectivity index (χ4v) is 1.51. The van der Waals surface area contributed by atoms with Crippen LogP contribution in [-0.4, -0.2) is 41.4 Å². The van der Waals surface area contributed by atoms with Crippen molar-refractivity contribution in [3.63, 3.8) is 0 Å². The van der Waals surface area contributed by atoms with Crippen LogP contribution in [-0.2, 0) is 9.53 Å². The molecule has 0 fully saturated rings. The Bertz CT molecular complexity index is 461. The molecule has 0 aliphatic heterocycles. The van der Waals surface area contributed by atoms with Gasteiger partial charge in [-0.15, -0.1) is 0 Å². The van der Waals surface area contributed by atoms with Gasteiger partial charge in [0.1, 0.15) is 24.6 Å². The number of benzene rings is 1. The van der Waals surface area contributed by atoms with Crippen LogP contribution in [0.3, 0.4) is 0 Å². The molecule has 1 aromatic rings. The molecular formula is C14H18O5S. The van der Waals surface area contributed by atoms with E-state index in [1.165, 1.54) is 13.8 Å². The van der Waals surface area contributed by atoms with Gasteiger partial charge in [-0.25, -0.2) is 0 Å². The van der Waals surface area contributed by atoms with Gasteiger partial charge in [-0.1, -0.05) is 0 Å². The number of ketones is 1. The van der Waals surface area contributed by atoms with Gasteiger partial charge in [-0.05, 0) is 38.1 Å². The lowest BCUT2D eigenvalue weighted by atomic mass is 9.97. The summed E-state index contributed by atoms with van der Waals surface area (Å²) in [7, 11) is 0. The van der Waals surface area contributed by atoms with E-state index in [4.69, 9.17) is 9.47 Å². The molecule has 20 heavy (non-hydrogen) atoms. The van der Waals surface area contributed by atoms with Gasteiger partial charge in [0, 0.05) is 5.56 Å². The van der Waals surface area contributed by atoms with E-state index < -0.39 is 11.6 Å². The number of aliphatic hydroxyl groups is 1. The van der Waals surface area contributed by atoms with E-state index >= 15 is 0 Å². The summed E-state index contributed by atoms with van der Waals surface area (Å²) in [5, 5.41) is 9.62. The summed E-state index contributed by atoms with van der Waals surface area (Å²) >= 11 is 3.77. The molecule has 0 saturated carbocycles. The molecular weight excluding hydrogens is 280 g/mol. The van der Waals surface area contributed by atoms with Gasteiger partial charge in [-0.3, -0.25) is 9.59 Å². The Kier molecular flexibility index (Phi) is 6.04. The molecule has 0 aliphatic rings. The summed E-state index contributed by atoms with van der Waals surface area (Å²) in [6.07, 6.45) is 0. The zero-order valence-electron chi connectivity index (χ0n) is 11.5. The predicted octanol–water partition coefficient (Wildman–Crippen LogP) is 1.49. The van der Waals surface area contributed by atoms with E-state index in [1.807, 2.05) is 0 Å². The summed E-state index contributed by atoms with van der Waals surface area (Å²) < 4.78 is 10.1. The minimum absolute atomic E-state index is 0.0355. The Labute approximate surface area is 123 Å². The third-order valence-corrected chi connectivity index (χ3v) is 2.67. The number of hydrogen-bond donors (Lipinski definition) is 2. The van der Waals surface area contributed by atoms with Gasteiger partial charge in [-0.2, -0.15) is 12.6 Å². The van der Waals surface area contributed by atoms with Crippen LogP contribution in [0.5, 0.6) is 5.75 Å². The topological polar surface area (TPSA) is 72.8 Å². The number of esters is 1. The number of thiol groups is 1. The van der Waals surface area contributed by atoms with Gasteiger partial charge in [0.25, 0.3) is 0 Å². The van der Waals surface area contributed by atoms with Gasteiger partial charge in [0.2, 0.25) is 0 Å². The molecule has 0 bridgehead atoms. The highest BCUT2D eigenvalue weighted by Gasteiger charge is 2.24. The number of ether oxygens (including phenoxy) is 2. The second kappa shape index (κ2) is 7.31. The van der Waals surface area contributed by atoms with Crippen molar-refractivity contribution in [3.8, 4) is 5.75 Å². The molecule has 1 aromatic carbocycles. The average molecular weight is 298 g/mol. The molecule has 0 heterocycles. The monoisotopic (exact) mass is 298 g/mol. The first kappa shape index (κ1) is 16.5. The van der Waals surface area contributed by atoms with E-state index in [-0.39, 0.29) is 24.7 Å². The van der Waals surface area contributed by atoms with E-state index in [9.17, 15) is 14.7 Å². The largest absolute Gasteiger partial charge is 0.490 e. The maximum absolute atomic E-state index is 11.8. The highest BCUT2D eigenvalue weighted by Crippen LogP contribution is 2.17.